The van der Waals surface area contributed by atoms with E-state index >= 15 is 0 Å². The smallest absolute Gasteiger partial charge is 0.142 e. The van der Waals surface area contributed by atoms with E-state index in [1.165, 1.54) is 0 Å². The molecule has 0 saturated heterocycles. The molecule has 4 nitrogen and oxygen atoms in total. The molecule has 0 bridgehead atoms. The third-order valence-corrected chi connectivity index (χ3v) is 3.38. The van der Waals surface area contributed by atoms with Crippen LogP contribution in [-0.4, -0.2) is 26.2 Å². The monoisotopic (exact) mass is 291 g/mol. The van der Waals surface area contributed by atoms with Crippen LogP contribution in [0.4, 0.5) is 11.5 Å². The largest absolute Gasteiger partial charge is 0.495 e. The third-order valence-electron chi connectivity index (χ3n) is 3.04. The minimum absolute atomic E-state index is 0.631. The van der Waals surface area contributed by atoms with E-state index in [2.05, 4.69) is 10.3 Å². The van der Waals surface area contributed by atoms with Crippen molar-refractivity contribution in [3.05, 3.63) is 47.1 Å². The van der Waals surface area contributed by atoms with Crippen LogP contribution >= 0.6 is 11.6 Å². The maximum absolute atomic E-state index is 6.14. The molecule has 0 unspecified atom stereocenters. The van der Waals surface area contributed by atoms with Crippen molar-refractivity contribution in [2.75, 3.05) is 26.1 Å². The first-order valence-corrected chi connectivity index (χ1v) is 6.72. The van der Waals surface area contributed by atoms with E-state index in [0.717, 1.165) is 22.9 Å². The molecular weight excluding hydrogens is 274 g/mol. The summed E-state index contributed by atoms with van der Waals surface area (Å²) in [7, 11) is 5.49. The summed E-state index contributed by atoms with van der Waals surface area (Å²) < 4.78 is 5.38. The summed E-state index contributed by atoms with van der Waals surface area (Å²) in [5.74, 6) is 1.63. The molecule has 1 heterocycles. The molecular formula is C15H18ClN3O. The van der Waals surface area contributed by atoms with Gasteiger partial charge in [0.1, 0.15) is 11.6 Å². The molecule has 0 saturated carbocycles. The number of aromatic nitrogens is 1. The second-order valence-electron chi connectivity index (χ2n) is 4.36. The van der Waals surface area contributed by atoms with E-state index in [9.17, 15) is 0 Å². The van der Waals surface area contributed by atoms with E-state index in [4.69, 9.17) is 16.3 Å². The van der Waals surface area contributed by atoms with Gasteiger partial charge in [0.2, 0.25) is 0 Å². The molecule has 5 heteroatoms. The Bertz CT molecular complexity index is 589. The summed E-state index contributed by atoms with van der Waals surface area (Å²) in [6, 6.07) is 11.6. The highest BCUT2D eigenvalue weighted by molar-refractivity contribution is 6.31. The third kappa shape index (κ3) is 3.03. The maximum Gasteiger partial charge on any atom is 0.142 e. The minimum Gasteiger partial charge on any atom is -0.495 e. The van der Waals surface area contributed by atoms with Crippen molar-refractivity contribution < 1.29 is 4.74 Å². The van der Waals surface area contributed by atoms with Crippen molar-refractivity contribution in [2.24, 2.45) is 0 Å². The lowest BCUT2D eigenvalue weighted by atomic mass is 10.2. The summed E-state index contributed by atoms with van der Waals surface area (Å²) in [4.78, 5) is 6.57. The van der Waals surface area contributed by atoms with E-state index in [1.807, 2.05) is 55.4 Å². The number of halogens is 1. The van der Waals surface area contributed by atoms with E-state index in [-0.39, 0.29) is 0 Å². The Hall–Kier alpha value is -1.78. The average molecular weight is 292 g/mol. The first-order valence-electron chi connectivity index (χ1n) is 6.34. The molecule has 1 aromatic carbocycles. The van der Waals surface area contributed by atoms with Gasteiger partial charge in [0, 0.05) is 13.6 Å². The first-order chi connectivity index (χ1) is 9.67. The number of ether oxygens (including phenoxy) is 1. The van der Waals surface area contributed by atoms with Crippen molar-refractivity contribution in [3.63, 3.8) is 0 Å². The SMILES string of the molecule is CNCc1nc(N(C)c2ccccc2OC)ccc1Cl. The van der Waals surface area contributed by atoms with Crippen LogP contribution in [0.1, 0.15) is 5.69 Å². The van der Waals surface area contributed by atoms with Crippen LogP contribution in [0.2, 0.25) is 5.02 Å². The highest BCUT2D eigenvalue weighted by atomic mass is 35.5. The van der Waals surface area contributed by atoms with Gasteiger partial charge in [-0.05, 0) is 31.3 Å². The second kappa shape index (κ2) is 6.59. The maximum atomic E-state index is 6.14. The standard InChI is InChI=1S/C15H18ClN3O/c1-17-10-12-11(16)8-9-15(18-12)19(2)13-6-4-5-7-14(13)20-3/h4-9,17H,10H2,1-3H3. The number of nitrogens with zero attached hydrogens (tertiary/aromatic N) is 2. The molecule has 0 spiro atoms. The Kier molecular flexibility index (Phi) is 4.82. The van der Waals surface area contributed by atoms with Gasteiger partial charge in [-0.1, -0.05) is 23.7 Å². The summed E-state index contributed by atoms with van der Waals surface area (Å²) >= 11 is 6.14. The van der Waals surface area contributed by atoms with Crippen molar-refractivity contribution in [3.8, 4) is 5.75 Å². The number of anilines is 2. The van der Waals surface area contributed by atoms with E-state index in [1.54, 1.807) is 7.11 Å². The van der Waals surface area contributed by atoms with Gasteiger partial charge >= 0.3 is 0 Å². The molecule has 0 radical (unpaired) electrons. The molecule has 0 aliphatic heterocycles. The van der Waals surface area contributed by atoms with Gasteiger partial charge in [-0.15, -0.1) is 0 Å². The predicted octanol–water partition coefficient (Wildman–Crippen LogP) is 3.23. The Morgan fingerprint density at radius 1 is 1.25 bits per heavy atom. The zero-order valence-corrected chi connectivity index (χ0v) is 12.6. The fraction of sp³-hybridized carbons (Fsp3) is 0.267. The Morgan fingerprint density at radius 2 is 2.00 bits per heavy atom. The molecule has 0 aliphatic rings. The number of para-hydroxylation sites is 2. The molecule has 0 aliphatic carbocycles. The van der Waals surface area contributed by atoms with E-state index < -0.39 is 0 Å². The second-order valence-corrected chi connectivity index (χ2v) is 4.77. The van der Waals surface area contributed by atoms with Crippen LogP contribution in [-0.2, 0) is 6.54 Å². The Balaban J connectivity index is 2.37. The number of methoxy groups -OCH3 is 1. The van der Waals surface area contributed by atoms with E-state index in [0.29, 0.717) is 11.6 Å². The average Bonchev–Trinajstić information content (AvgIpc) is 2.49. The zero-order valence-electron chi connectivity index (χ0n) is 11.9. The van der Waals surface area contributed by atoms with Gasteiger partial charge in [0.15, 0.2) is 0 Å². The lowest BCUT2D eigenvalue weighted by molar-refractivity contribution is 0.415. The molecule has 106 valence electrons. The molecule has 2 rings (SSSR count). The van der Waals surface area contributed by atoms with Crippen LogP contribution in [0.3, 0.4) is 0 Å². The van der Waals surface area contributed by atoms with Gasteiger partial charge in [0.05, 0.1) is 23.5 Å². The molecule has 0 amide bonds. The number of nitrogens with one attached hydrogen (secondary N) is 1. The fourth-order valence-electron chi connectivity index (χ4n) is 1.98. The highest BCUT2D eigenvalue weighted by Crippen LogP contribution is 2.32. The fourth-order valence-corrected chi connectivity index (χ4v) is 2.15. The highest BCUT2D eigenvalue weighted by Gasteiger charge is 2.12. The van der Waals surface area contributed by atoms with Gasteiger partial charge in [-0.2, -0.15) is 0 Å². The summed E-state index contributed by atoms with van der Waals surface area (Å²) in [5, 5.41) is 3.73. The number of benzene rings is 1. The first kappa shape index (κ1) is 14.6. The van der Waals surface area contributed by atoms with Gasteiger partial charge < -0.3 is 15.0 Å². The predicted molar refractivity (Wildman–Crippen MR) is 83.1 cm³/mol. The van der Waals surface area contributed by atoms with Gasteiger partial charge in [0.25, 0.3) is 0 Å². The molecule has 1 aromatic heterocycles. The Labute approximate surface area is 124 Å². The Morgan fingerprint density at radius 3 is 2.70 bits per heavy atom. The van der Waals surface area contributed by atoms with Crippen LogP contribution in [0.15, 0.2) is 36.4 Å². The lowest BCUT2D eigenvalue weighted by Crippen LogP contribution is -2.15. The van der Waals surface area contributed by atoms with Crippen molar-refractivity contribution in [1.29, 1.82) is 0 Å². The quantitative estimate of drug-likeness (QED) is 0.918. The molecule has 20 heavy (non-hydrogen) atoms. The van der Waals surface area contributed by atoms with Gasteiger partial charge in [-0.3, -0.25) is 0 Å². The zero-order chi connectivity index (χ0) is 14.5. The van der Waals surface area contributed by atoms with Crippen LogP contribution < -0.4 is 15.0 Å². The summed E-state index contributed by atoms with van der Waals surface area (Å²) in [6.07, 6.45) is 0. The molecule has 2 aromatic rings. The summed E-state index contributed by atoms with van der Waals surface area (Å²) in [5.41, 5.74) is 1.79. The molecule has 0 atom stereocenters. The number of hydrogen-bond acceptors (Lipinski definition) is 4. The van der Waals surface area contributed by atoms with Crippen molar-refractivity contribution >= 4 is 23.1 Å². The van der Waals surface area contributed by atoms with Crippen molar-refractivity contribution in [2.45, 2.75) is 6.54 Å². The number of pyridine rings is 1. The summed E-state index contributed by atoms with van der Waals surface area (Å²) in [6.45, 7) is 0.631. The number of hydrogen-bond donors (Lipinski definition) is 1. The topological polar surface area (TPSA) is 37.4 Å². The normalized spacial score (nSPS) is 10.4. The van der Waals surface area contributed by atoms with Crippen molar-refractivity contribution in [1.82, 2.24) is 10.3 Å². The van der Waals surface area contributed by atoms with Gasteiger partial charge in [-0.25, -0.2) is 4.98 Å². The van der Waals surface area contributed by atoms with Crippen LogP contribution in [0.25, 0.3) is 0 Å². The van der Waals surface area contributed by atoms with Crippen LogP contribution in [0, 0.1) is 0 Å². The number of rotatable bonds is 5. The van der Waals surface area contributed by atoms with Crippen LogP contribution in [0.5, 0.6) is 5.75 Å². The lowest BCUT2D eigenvalue weighted by Gasteiger charge is -2.21. The molecule has 0 fully saturated rings. The minimum atomic E-state index is 0.631. The molecule has 1 N–H and O–H groups in total.